The molecule has 2 fully saturated rings. The highest BCUT2D eigenvalue weighted by molar-refractivity contribution is 5.88. The van der Waals surface area contributed by atoms with E-state index < -0.39 is 5.41 Å². The van der Waals surface area contributed by atoms with Gasteiger partial charge < -0.3 is 10.2 Å². The molecule has 0 aliphatic carbocycles. The monoisotopic (exact) mass is 408 g/mol. The van der Waals surface area contributed by atoms with Gasteiger partial charge in [-0.05, 0) is 50.3 Å². The Kier molecular flexibility index (Phi) is 6.27. The Balaban J connectivity index is 1.46. The summed E-state index contributed by atoms with van der Waals surface area (Å²) < 4.78 is 0. The summed E-state index contributed by atoms with van der Waals surface area (Å²) in [5.41, 5.74) is 1.32. The van der Waals surface area contributed by atoms with Crippen LogP contribution >= 0.6 is 0 Å². The van der Waals surface area contributed by atoms with E-state index in [0.29, 0.717) is 6.54 Å². The maximum absolute atomic E-state index is 12.9. The molecule has 2 saturated heterocycles. The predicted molar refractivity (Wildman–Crippen MR) is 117 cm³/mol. The lowest BCUT2D eigenvalue weighted by molar-refractivity contribution is -0.128. The molecule has 0 saturated carbocycles. The van der Waals surface area contributed by atoms with Crippen molar-refractivity contribution in [2.45, 2.75) is 44.6 Å². The van der Waals surface area contributed by atoms with Crippen molar-refractivity contribution in [2.75, 3.05) is 38.1 Å². The molecule has 4 heterocycles. The summed E-state index contributed by atoms with van der Waals surface area (Å²) in [6.45, 7) is 6.72. The minimum Gasteiger partial charge on any atom is -0.358 e. The van der Waals surface area contributed by atoms with Crippen molar-refractivity contribution in [1.82, 2.24) is 25.2 Å². The number of nitrogens with one attached hydrogen (secondary N) is 1. The van der Waals surface area contributed by atoms with Crippen molar-refractivity contribution in [3.63, 3.8) is 0 Å². The third-order valence-electron chi connectivity index (χ3n) is 6.55. The van der Waals surface area contributed by atoms with E-state index in [9.17, 15) is 4.79 Å². The summed E-state index contributed by atoms with van der Waals surface area (Å²) in [6.07, 6.45) is 9.82. The van der Waals surface area contributed by atoms with Gasteiger partial charge in [0.15, 0.2) is 0 Å². The molecular weight excluding hydrogens is 376 g/mol. The number of amides is 1. The molecule has 160 valence electrons. The highest BCUT2D eigenvalue weighted by Crippen LogP contribution is 2.34. The molecule has 2 aromatic rings. The van der Waals surface area contributed by atoms with E-state index in [-0.39, 0.29) is 5.91 Å². The topological polar surface area (TPSA) is 74.2 Å². The van der Waals surface area contributed by atoms with Crippen molar-refractivity contribution >= 4 is 11.9 Å². The van der Waals surface area contributed by atoms with E-state index >= 15 is 0 Å². The van der Waals surface area contributed by atoms with Crippen LogP contribution in [-0.4, -0.2) is 59.0 Å². The van der Waals surface area contributed by atoms with Crippen LogP contribution in [-0.2, 0) is 16.8 Å². The van der Waals surface area contributed by atoms with Crippen molar-refractivity contribution in [3.05, 3.63) is 48.0 Å². The molecule has 1 atom stereocenters. The van der Waals surface area contributed by atoms with E-state index in [2.05, 4.69) is 37.0 Å². The van der Waals surface area contributed by atoms with Gasteiger partial charge in [-0.15, -0.1) is 0 Å². The Labute approximate surface area is 178 Å². The number of carbonyl (C=O) groups excluding carboxylic acids is 1. The third kappa shape index (κ3) is 4.31. The standard InChI is InChI=1S/C23H32N6O/c1-18-7-12-29(13-8-18)22-26-14-19(15-27-22)16-28-11-5-9-23(17-28,21(30)24-2)20-6-3-4-10-25-20/h3-4,6,10,14-15,18H,5,7-9,11-13,16-17H2,1-2H3,(H,24,30). The Morgan fingerprint density at radius 3 is 2.60 bits per heavy atom. The normalized spacial score (nSPS) is 23.3. The average molecular weight is 409 g/mol. The van der Waals surface area contributed by atoms with E-state index in [1.165, 1.54) is 12.8 Å². The Morgan fingerprint density at radius 2 is 1.93 bits per heavy atom. The fourth-order valence-corrected chi connectivity index (χ4v) is 4.73. The minimum atomic E-state index is -0.612. The number of anilines is 1. The number of pyridine rings is 1. The molecule has 1 unspecified atom stereocenters. The van der Waals surface area contributed by atoms with Crippen molar-refractivity contribution in [3.8, 4) is 0 Å². The van der Waals surface area contributed by atoms with E-state index in [1.807, 2.05) is 30.6 Å². The second kappa shape index (κ2) is 9.08. The molecule has 2 aliphatic rings. The van der Waals surface area contributed by atoms with Crippen molar-refractivity contribution < 1.29 is 4.79 Å². The number of aromatic nitrogens is 3. The highest BCUT2D eigenvalue weighted by Gasteiger charge is 2.44. The van der Waals surface area contributed by atoms with Gasteiger partial charge in [-0.2, -0.15) is 0 Å². The summed E-state index contributed by atoms with van der Waals surface area (Å²) in [5.74, 6) is 1.66. The molecule has 2 aromatic heterocycles. The molecule has 7 nitrogen and oxygen atoms in total. The first-order chi connectivity index (χ1) is 14.6. The van der Waals surface area contributed by atoms with Gasteiger partial charge in [0.2, 0.25) is 11.9 Å². The van der Waals surface area contributed by atoms with Gasteiger partial charge in [0, 0.05) is 57.4 Å². The zero-order chi connectivity index (χ0) is 21.0. The van der Waals surface area contributed by atoms with E-state index in [1.54, 1.807) is 13.2 Å². The minimum absolute atomic E-state index is 0.0387. The number of likely N-dealkylation sites (tertiary alicyclic amines) is 1. The molecule has 30 heavy (non-hydrogen) atoms. The molecule has 1 N–H and O–H groups in total. The third-order valence-corrected chi connectivity index (χ3v) is 6.55. The first kappa shape index (κ1) is 20.7. The highest BCUT2D eigenvalue weighted by atomic mass is 16.2. The van der Waals surface area contributed by atoms with Gasteiger partial charge in [0.1, 0.15) is 5.41 Å². The quantitative estimate of drug-likeness (QED) is 0.819. The molecule has 0 radical (unpaired) electrons. The van der Waals surface area contributed by atoms with Gasteiger partial charge >= 0.3 is 0 Å². The van der Waals surface area contributed by atoms with Crippen LogP contribution in [0.3, 0.4) is 0 Å². The number of hydrogen-bond donors (Lipinski definition) is 1. The van der Waals surface area contributed by atoms with Crippen LogP contribution in [0.15, 0.2) is 36.8 Å². The van der Waals surface area contributed by atoms with Crippen LogP contribution in [0.1, 0.15) is 43.9 Å². The largest absolute Gasteiger partial charge is 0.358 e. The number of piperidine rings is 2. The van der Waals surface area contributed by atoms with Crippen LogP contribution < -0.4 is 10.2 Å². The average Bonchev–Trinajstić information content (AvgIpc) is 2.80. The second-order valence-electron chi connectivity index (χ2n) is 8.75. The number of hydrogen-bond acceptors (Lipinski definition) is 6. The van der Waals surface area contributed by atoms with E-state index in [0.717, 1.165) is 62.1 Å². The maximum Gasteiger partial charge on any atom is 0.233 e. The van der Waals surface area contributed by atoms with Gasteiger partial charge in [-0.3, -0.25) is 14.7 Å². The molecule has 2 aliphatic heterocycles. The van der Waals surface area contributed by atoms with Crippen LogP contribution in [0.2, 0.25) is 0 Å². The Bertz CT molecular complexity index is 835. The maximum atomic E-state index is 12.9. The fourth-order valence-electron chi connectivity index (χ4n) is 4.73. The zero-order valence-electron chi connectivity index (χ0n) is 18.0. The molecular formula is C23H32N6O. The second-order valence-corrected chi connectivity index (χ2v) is 8.75. The number of likely N-dealkylation sites (N-methyl/N-ethyl adjacent to an activating group) is 1. The zero-order valence-corrected chi connectivity index (χ0v) is 18.0. The number of carbonyl (C=O) groups is 1. The summed E-state index contributed by atoms with van der Waals surface area (Å²) in [4.78, 5) is 31.3. The summed E-state index contributed by atoms with van der Waals surface area (Å²) in [5, 5.41) is 2.87. The van der Waals surface area contributed by atoms with Crippen LogP contribution in [0.5, 0.6) is 0 Å². The molecule has 0 spiro atoms. The molecule has 7 heteroatoms. The van der Waals surface area contributed by atoms with Crippen molar-refractivity contribution in [2.24, 2.45) is 5.92 Å². The smallest absolute Gasteiger partial charge is 0.233 e. The van der Waals surface area contributed by atoms with Crippen LogP contribution in [0.4, 0.5) is 5.95 Å². The summed E-state index contributed by atoms with van der Waals surface area (Å²) in [7, 11) is 1.71. The first-order valence-electron chi connectivity index (χ1n) is 11.0. The van der Waals surface area contributed by atoms with Crippen molar-refractivity contribution in [1.29, 1.82) is 0 Å². The molecule has 0 bridgehead atoms. The Morgan fingerprint density at radius 1 is 1.17 bits per heavy atom. The lowest BCUT2D eigenvalue weighted by atomic mass is 9.75. The molecule has 0 aromatic carbocycles. The predicted octanol–water partition coefficient (Wildman–Crippen LogP) is 2.39. The summed E-state index contributed by atoms with van der Waals surface area (Å²) in [6, 6.07) is 5.82. The Hall–Kier alpha value is -2.54. The van der Waals surface area contributed by atoms with Gasteiger partial charge in [-0.25, -0.2) is 9.97 Å². The first-order valence-corrected chi connectivity index (χ1v) is 11.0. The van der Waals surface area contributed by atoms with Gasteiger partial charge in [0.25, 0.3) is 0 Å². The summed E-state index contributed by atoms with van der Waals surface area (Å²) >= 11 is 0. The SMILES string of the molecule is CNC(=O)C1(c2ccccn2)CCCN(Cc2cnc(N3CCC(C)CC3)nc2)C1. The van der Waals surface area contributed by atoms with E-state index in [4.69, 9.17) is 0 Å². The lowest BCUT2D eigenvalue weighted by Gasteiger charge is -2.41. The molecule has 4 rings (SSSR count). The number of nitrogens with zero attached hydrogens (tertiary/aromatic N) is 5. The van der Waals surface area contributed by atoms with Gasteiger partial charge in [0.05, 0.1) is 5.69 Å². The van der Waals surface area contributed by atoms with Crippen LogP contribution in [0, 0.1) is 5.92 Å². The number of rotatable bonds is 5. The van der Waals surface area contributed by atoms with Crippen LogP contribution in [0.25, 0.3) is 0 Å². The molecule has 1 amide bonds. The lowest BCUT2D eigenvalue weighted by Crippen LogP contribution is -2.54. The fraction of sp³-hybridized carbons (Fsp3) is 0.565. The van der Waals surface area contributed by atoms with Gasteiger partial charge in [-0.1, -0.05) is 13.0 Å².